The van der Waals surface area contributed by atoms with E-state index in [-0.39, 0.29) is 6.17 Å². The molecule has 0 aliphatic carbocycles. The summed E-state index contributed by atoms with van der Waals surface area (Å²) in [5, 5.41) is 3.54. The fourth-order valence-corrected chi connectivity index (χ4v) is 2.93. The summed E-state index contributed by atoms with van der Waals surface area (Å²) in [6.07, 6.45) is 0.0739. The summed E-state index contributed by atoms with van der Waals surface area (Å²) in [6.45, 7) is 0. The maximum absolute atomic E-state index is 4.79. The van der Waals surface area contributed by atoms with Crippen LogP contribution in [0.3, 0.4) is 0 Å². The number of benzene rings is 2. The molecule has 0 saturated carbocycles. The third-order valence-corrected chi connectivity index (χ3v) is 4.03. The van der Waals surface area contributed by atoms with E-state index in [4.69, 9.17) is 4.98 Å². The van der Waals surface area contributed by atoms with Crippen LogP contribution in [0.25, 0.3) is 11.0 Å². The molecule has 1 unspecified atom stereocenters. The second-order valence-corrected chi connectivity index (χ2v) is 5.19. The largest absolute Gasteiger partial charge is 0.357 e. The predicted molar refractivity (Wildman–Crippen MR) is 81.9 cm³/mol. The van der Waals surface area contributed by atoms with Gasteiger partial charge in [0.2, 0.25) is 0 Å². The zero-order chi connectivity index (χ0) is 13.7. The molecule has 0 bridgehead atoms. The first-order valence-electron chi connectivity index (χ1n) is 6.75. The fraction of sp³-hybridized carbons (Fsp3) is 0.188. The van der Waals surface area contributed by atoms with E-state index >= 15 is 0 Å². The van der Waals surface area contributed by atoms with E-state index < -0.39 is 0 Å². The zero-order valence-electron chi connectivity index (χ0n) is 11.5. The second kappa shape index (κ2) is 4.00. The molecule has 0 radical (unpaired) electrons. The standard InChI is InChI=1S/C16H16N4/c1-19-13-9-5-3-7-11(13)17-15(19)16-18-12-8-4-6-10-14(12)20(16)2/h3-10,15,17H,1-2H3. The van der Waals surface area contributed by atoms with Gasteiger partial charge >= 0.3 is 0 Å². The number of aromatic nitrogens is 2. The van der Waals surface area contributed by atoms with Crippen molar-refractivity contribution < 1.29 is 0 Å². The van der Waals surface area contributed by atoms with Crippen molar-refractivity contribution in [3.8, 4) is 0 Å². The van der Waals surface area contributed by atoms with Crippen LogP contribution < -0.4 is 10.2 Å². The van der Waals surface area contributed by atoms with E-state index in [1.807, 2.05) is 12.1 Å². The third kappa shape index (κ3) is 1.45. The van der Waals surface area contributed by atoms with Gasteiger partial charge in [-0.1, -0.05) is 24.3 Å². The molecule has 2 aromatic carbocycles. The molecule has 0 amide bonds. The summed E-state index contributed by atoms with van der Waals surface area (Å²) in [6, 6.07) is 16.6. The molecule has 1 atom stereocenters. The number of hydrogen-bond acceptors (Lipinski definition) is 3. The first-order valence-corrected chi connectivity index (χ1v) is 6.75. The highest BCUT2D eigenvalue weighted by Gasteiger charge is 2.30. The summed E-state index contributed by atoms with van der Waals surface area (Å²) < 4.78 is 2.16. The highest BCUT2D eigenvalue weighted by Crippen LogP contribution is 2.39. The van der Waals surface area contributed by atoms with E-state index in [2.05, 4.69) is 65.3 Å². The normalized spacial score (nSPS) is 17.3. The quantitative estimate of drug-likeness (QED) is 0.733. The minimum absolute atomic E-state index is 0.0739. The molecule has 0 saturated heterocycles. The van der Waals surface area contributed by atoms with E-state index in [1.165, 1.54) is 5.69 Å². The molecule has 4 heteroatoms. The highest BCUT2D eigenvalue weighted by atomic mass is 15.3. The number of fused-ring (bicyclic) bond motifs is 2. The van der Waals surface area contributed by atoms with Gasteiger partial charge in [0, 0.05) is 14.1 Å². The molecule has 1 N–H and O–H groups in total. The predicted octanol–water partition coefficient (Wildman–Crippen LogP) is 3.13. The molecule has 2 heterocycles. The van der Waals surface area contributed by atoms with Gasteiger partial charge in [0.25, 0.3) is 0 Å². The molecule has 3 aromatic rings. The van der Waals surface area contributed by atoms with Crippen LogP contribution in [0.1, 0.15) is 12.0 Å². The van der Waals surface area contributed by atoms with Gasteiger partial charge in [0.05, 0.1) is 22.4 Å². The van der Waals surface area contributed by atoms with Crippen molar-refractivity contribution in [3.63, 3.8) is 0 Å². The van der Waals surface area contributed by atoms with Gasteiger partial charge < -0.3 is 14.8 Å². The van der Waals surface area contributed by atoms with Gasteiger partial charge in [0.15, 0.2) is 12.0 Å². The second-order valence-electron chi connectivity index (χ2n) is 5.19. The monoisotopic (exact) mass is 264 g/mol. The number of rotatable bonds is 1. The Labute approximate surface area is 117 Å². The van der Waals surface area contributed by atoms with Crippen LogP contribution in [0, 0.1) is 0 Å². The molecule has 4 nitrogen and oxygen atoms in total. The maximum Gasteiger partial charge on any atom is 0.159 e. The van der Waals surface area contributed by atoms with Gasteiger partial charge in [-0.15, -0.1) is 0 Å². The summed E-state index contributed by atoms with van der Waals surface area (Å²) in [4.78, 5) is 7.02. The molecule has 1 aromatic heterocycles. The van der Waals surface area contributed by atoms with E-state index in [1.54, 1.807) is 0 Å². The number of nitrogens with one attached hydrogen (secondary N) is 1. The fourth-order valence-electron chi connectivity index (χ4n) is 2.93. The smallest absolute Gasteiger partial charge is 0.159 e. The Morgan fingerprint density at radius 3 is 2.55 bits per heavy atom. The van der Waals surface area contributed by atoms with E-state index in [9.17, 15) is 0 Å². The average molecular weight is 264 g/mol. The summed E-state index contributed by atoms with van der Waals surface area (Å²) in [7, 11) is 4.17. The van der Waals surface area contributed by atoms with Crippen LogP contribution in [-0.4, -0.2) is 16.6 Å². The van der Waals surface area contributed by atoms with Crippen LogP contribution in [0.5, 0.6) is 0 Å². The van der Waals surface area contributed by atoms with Crippen molar-refractivity contribution in [2.45, 2.75) is 6.17 Å². The van der Waals surface area contributed by atoms with Crippen LogP contribution >= 0.6 is 0 Å². The number of para-hydroxylation sites is 4. The van der Waals surface area contributed by atoms with Crippen LogP contribution in [0.15, 0.2) is 48.5 Å². The number of anilines is 2. The Bertz CT molecular complexity index is 790. The summed E-state index contributed by atoms with van der Waals surface area (Å²) >= 11 is 0. The van der Waals surface area contributed by atoms with E-state index in [0.29, 0.717) is 0 Å². The topological polar surface area (TPSA) is 33.1 Å². The first-order chi connectivity index (χ1) is 9.75. The van der Waals surface area contributed by atoms with Crippen molar-refractivity contribution in [2.24, 2.45) is 7.05 Å². The Kier molecular flexibility index (Phi) is 2.27. The highest BCUT2D eigenvalue weighted by molar-refractivity contribution is 5.79. The van der Waals surface area contributed by atoms with Crippen LogP contribution in [-0.2, 0) is 7.05 Å². The summed E-state index contributed by atoms with van der Waals surface area (Å²) in [5.74, 6) is 1.03. The van der Waals surface area contributed by atoms with E-state index in [0.717, 1.165) is 22.5 Å². The number of nitrogens with zero attached hydrogens (tertiary/aromatic N) is 3. The Morgan fingerprint density at radius 1 is 1.00 bits per heavy atom. The lowest BCUT2D eigenvalue weighted by Crippen LogP contribution is -2.26. The van der Waals surface area contributed by atoms with Gasteiger partial charge in [-0.3, -0.25) is 0 Å². The molecule has 1 aliphatic rings. The van der Waals surface area contributed by atoms with Crippen LogP contribution in [0.2, 0.25) is 0 Å². The Hall–Kier alpha value is -2.49. The Balaban J connectivity index is 1.84. The molecular formula is C16H16N4. The number of hydrogen-bond donors (Lipinski definition) is 1. The number of imidazole rings is 1. The van der Waals surface area contributed by atoms with Crippen LogP contribution in [0.4, 0.5) is 11.4 Å². The first kappa shape index (κ1) is 11.3. The zero-order valence-corrected chi connectivity index (χ0v) is 11.5. The lowest BCUT2D eigenvalue weighted by molar-refractivity contribution is 0.689. The molecule has 0 spiro atoms. The van der Waals surface area contributed by atoms with Gasteiger partial charge in [-0.05, 0) is 24.3 Å². The maximum atomic E-state index is 4.79. The lowest BCUT2D eigenvalue weighted by Gasteiger charge is -2.21. The number of aryl methyl sites for hydroxylation is 1. The summed E-state index contributed by atoms with van der Waals surface area (Å²) in [5.41, 5.74) is 4.57. The Morgan fingerprint density at radius 2 is 1.75 bits per heavy atom. The molecular weight excluding hydrogens is 248 g/mol. The van der Waals surface area contributed by atoms with Crippen molar-refractivity contribution >= 4 is 22.4 Å². The minimum atomic E-state index is 0.0739. The molecule has 4 rings (SSSR count). The van der Waals surface area contributed by atoms with Crippen molar-refractivity contribution in [1.82, 2.24) is 9.55 Å². The lowest BCUT2D eigenvalue weighted by atomic mass is 10.3. The SMILES string of the molecule is CN1c2ccccc2NC1c1nc2ccccc2n1C. The van der Waals surface area contributed by atoms with Crippen molar-refractivity contribution in [1.29, 1.82) is 0 Å². The molecule has 100 valence electrons. The third-order valence-electron chi connectivity index (χ3n) is 4.03. The average Bonchev–Trinajstić information content (AvgIpc) is 2.98. The van der Waals surface area contributed by atoms with Crippen molar-refractivity contribution in [2.75, 3.05) is 17.3 Å². The molecule has 1 aliphatic heterocycles. The minimum Gasteiger partial charge on any atom is -0.357 e. The van der Waals surface area contributed by atoms with Crippen molar-refractivity contribution in [3.05, 3.63) is 54.4 Å². The van der Waals surface area contributed by atoms with Gasteiger partial charge in [-0.25, -0.2) is 4.98 Å². The molecule has 0 fully saturated rings. The van der Waals surface area contributed by atoms with Gasteiger partial charge in [0.1, 0.15) is 0 Å². The van der Waals surface area contributed by atoms with Gasteiger partial charge in [-0.2, -0.15) is 0 Å². The molecule has 20 heavy (non-hydrogen) atoms.